The van der Waals surface area contributed by atoms with E-state index < -0.39 is 12.1 Å². The van der Waals surface area contributed by atoms with Gasteiger partial charge in [-0.2, -0.15) is 18.2 Å². The Labute approximate surface area is 128 Å². The Balaban J connectivity index is 1.99. The van der Waals surface area contributed by atoms with Gasteiger partial charge in [0.1, 0.15) is 5.69 Å². The zero-order chi connectivity index (χ0) is 16.6. The Morgan fingerprint density at radius 2 is 1.78 bits per heavy atom. The molecule has 0 bridgehead atoms. The Bertz CT molecular complexity index is 860. The summed E-state index contributed by atoms with van der Waals surface area (Å²) in [4.78, 5) is 16.0. The van der Waals surface area contributed by atoms with E-state index in [1.165, 1.54) is 18.3 Å². The molecule has 0 unspecified atom stereocenters. The zero-order valence-electron chi connectivity index (χ0n) is 12.1. The van der Waals surface area contributed by atoms with Crippen molar-refractivity contribution in [2.24, 2.45) is 0 Å². The maximum absolute atomic E-state index is 12.5. The van der Waals surface area contributed by atoms with Crippen LogP contribution in [0.3, 0.4) is 0 Å². The number of halogens is 3. The number of hydrogen-bond acceptors (Lipinski definition) is 6. The number of rotatable bonds is 2. The van der Waals surface area contributed by atoms with Crippen molar-refractivity contribution in [3.8, 4) is 22.8 Å². The van der Waals surface area contributed by atoms with Crippen molar-refractivity contribution in [2.45, 2.75) is 20.0 Å². The van der Waals surface area contributed by atoms with E-state index in [9.17, 15) is 13.2 Å². The zero-order valence-corrected chi connectivity index (χ0v) is 12.1. The van der Waals surface area contributed by atoms with Gasteiger partial charge in [0.15, 0.2) is 0 Å². The monoisotopic (exact) mass is 321 g/mol. The topological polar surface area (TPSA) is 77.6 Å². The first-order valence-electron chi connectivity index (χ1n) is 6.52. The second-order valence-corrected chi connectivity index (χ2v) is 4.78. The molecular formula is C14H10F3N5O. The minimum atomic E-state index is -4.68. The number of pyridine rings is 1. The smallest absolute Gasteiger partial charge is 0.329 e. The Morgan fingerprint density at radius 1 is 1.00 bits per heavy atom. The van der Waals surface area contributed by atoms with Gasteiger partial charge in [-0.15, -0.1) is 0 Å². The Kier molecular flexibility index (Phi) is 3.55. The van der Waals surface area contributed by atoms with Crippen molar-refractivity contribution in [2.75, 3.05) is 0 Å². The standard InChI is InChI=1S/C14H10F3N5O/c1-7-8(2)20-11(6-19-7)10-5-9(3-4-18-10)12-21-13(23-22-12)14(15,16)17/h3-6H,1-2H3. The molecule has 0 aliphatic heterocycles. The lowest BCUT2D eigenvalue weighted by atomic mass is 10.2. The predicted molar refractivity (Wildman–Crippen MR) is 73.0 cm³/mol. The molecule has 0 aliphatic carbocycles. The molecule has 3 aromatic heterocycles. The average molecular weight is 321 g/mol. The highest BCUT2D eigenvalue weighted by Crippen LogP contribution is 2.29. The van der Waals surface area contributed by atoms with Crippen LogP contribution in [0, 0.1) is 13.8 Å². The van der Waals surface area contributed by atoms with Gasteiger partial charge in [-0.1, -0.05) is 5.16 Å². The van der Waals surface area contributed by atoms with E-state index in [2.05, 4.69) is 29.6 Å². The van der Waals surface area contributed by atoms with Gasteiger partial charge in [-0.05, 0) is 26.0 Å². The van der Waals surface area contributed by atoms with Gasteiger partial charge in [0, 0.05) is 11.8 Å². The number of aryl methyl sites for hydroxylation is 2. The molecule has 23 heavy (non-hydrogen) atoms. The van der Waals surface area contributed by atoms with Crippen molar-refractivity contribution >= 4 is 0 Å². The van der Waals surface area contributed by atoms with Crippen molar-refractivity contribution in [1.29, 1.82) is 0 Å². The average Bonchev–Trinajstić information content (AvgIpc) is 3.00. The van der Waals surface area contributed by atoms with Crippen LogP contribution in [0.15, 0.2) is 29.0 Å². The second-order valence-electron chi connectivity index (χ2n) is 4.78. The highest BCUT2D eigenvalue weighted by Gasteiger charge is 2.38. The van der Waals surface area contributed by atoms with Crippen LogP contribution in [0.5, 0.6) is 0 Å². The van der Waals surface area contributed by atoms with Gasteiger partial charge in [0.05, 0.1) is 23.3 Å². The predicted octanol–water partition coefficient (Wildman–Crippen LogP) is 3.22. The van der Waals surface area contributed by atoms with Gasteiger partial charge in [-0.3, -0.25) is 9.97 Å². The highest BCUT2D eigenvalue weighted by molar-refractivity contribution is 5.63. The Hall–Kier alpha value is -2.84. The molecule has 3 aromatic rings. The first-order chi connectivity index (χ1) is 10.8. The van der Waals surface area contributed by atoms with E-state index in [1.807, 2.05) is 13.8 Å². The minimum Gasteiger partial charge on any atom is -0.329 e. The SMILES string of the molecule is Cc1ncc(-c2cc(-c3noc(C(F)(F)F)n3)ccn2)nc1C. The van der Waals surface area contributed by atoms with Crippen LogP contribution in [-0.4, -0.2) is 25.1 Å². The van der Waals surface area contributed by atoms with Gasteiger partial charge in [-0.25, -0.2) is 4.98 Å². The lowest BCUT2D eigenvalue weighted by Crippen LogP contribution is -2.04. The summed E-state index contributed by atoms with van der Waals surface area (Å²) < 4.78 is 41.8. The van der Waals surface area contributed by atoms with E-state index in [4.69, 9.17) is 0 Å². The lowest BCUT2D eigenvalue weighted by molar-refractivity contribution is -0.159. The molecule has 118 valence electrons. The molecule has 0 N–H and O–H groups in total. The van der Waals surface area contributed by atoms with E-state index in [0.717, 1.165) is 11.4 Å². The summed E-state index contributed by atoms with van der Waals surface area (Å²) in [6.45, 7) is 3.64. The quantitative estimate of drug-likeness (QED) is 0.721. The maximum atomic E-state index is 12.5. The highest BCUT2D eigenvalue weighted by atomic mass is 19.4. The summed E-state index contributed by atoms with van der Waals surface area (Å²) in [5.41, 5.74) is 2.84. The van der Waals surface area contributed by atoms with Crippen molar-refractivity contribution in [3.05, 3.63) is 41.8 Å². The third-order valence-electron chi connectivity index (χ3n) is 3.14. The third kappa shape index (κ3) is 3.03. The van der Waals surface area contributed by atoms with Gasteiger partial charge in [0.2, 0.25) is 5.82 Å². The largest absolute Gasteiger partial charge is 0.471 e. The molecule has 3 heterocycles. The summed E-state index contributed by atoms with van der Waals surface area (Å²) >= 11 is 0. The number of nitrogens with zero attached hydrogens (tertiary/aromatic N) is 5. The van der Waals surface area contributed by atoms with Crippen LogP contribution in [0.25, 0.3) is 22.8 Å². The van der Waals surface area contributed by atoms with Gasteiger partial charge in [0.25, 0.3) is 0 Å². The molecule has 6 nitrogen and oxygen atoms in total. The molecule has 0 saturated heterocycles. The van der Waals surface area contributed by atoms with Crippen LogP contribution in [0.1, 0.15) is 17.3 Å². The van der Waals surface area contributed by atoms with E-state index in [-0.39, 0.29) is 5.82 Å². The molecule has 0 saturated carbocycles. The number of alkyl halides is 3. The van der Waals surface area contributed by atoms with E-state index >= 15 is 0 Å². The molecule has 0 atom stereocenters. The fraction of sp³-hybridized carbons (Fsp3) is 0.214. The van der Waals surface area contributed by atoms with Gasteiger partial charge < -0.3 is 4.52 Å². The first kappa shape index (κ1) is 15.1. The fourth-order valence-corrected chi connectivity index (χ4v) is 1.83. The fourth-order valence-electron chi connectivity index (χ4n) is 1.83. The summed E-state index contributed by atoms with van der Waals surface area (Å²) in [5.74, 6) is -1.56. The van der Waals surface area contributed by atoms with Crippen molar-refractivity contribution in [3.63, 3.8) is 0 Å². The molecule has 0 fully saturated rings. The second kappa shape index (κ2) is 5.41. The molecular weight excluding hydrogens is 311 g/mol. The summed E-state index contributed by atoms with van der Waals surface area (Å²) in [7, 11) is 0. The van der Waals surface area contributed by atoms with Crippen LogP contribution < -0.4 is 0 Å². The Morgan fingerprint density at radius 3 is 2.43 bits per heavy atom. The van der Waals surface area contributed by atoms with E-state index in [1.54, 1.807) is 6.20 Å². The van der Waals surface area contributed by atoms with Crippen LogP contribution in [0.4, 0.5) is 13.2 Å². The molecule has 0 amide bonds. The molecule has 9 heteroatoms. The van der Waals surface area contributed by atoms with Crippen molar-refractivity contribution in [1.82, 2.24) is 25.1 Å². The number of hydrogen-bond donors (Lipinski definition) is 0. The molecule has 0 aromatic carbocycles. The minimum absolute atomic E-state index is 0.169. The lowest BCUT2D eigenvalue weighted by Gasteiger charge is -2.04. The third-order valence-corrected chi connectivity index (χ3v) is 3.14. The molecule has 0 spiro atoms. The molecule has 0 radical (unpaired) electrons. The van der Waals surface area contributed by atoms with Crippen molar-refractivity contribution < 1.29 is 17.7 Å². The number of aromatic nitrogens is 5. The summed E-state index contributed by atoms with van der Waals surface area (Å²) in [5, 5.41) is 3.35. The molecule has 0 aliphatic rings. The van der Waals surface area contributed by atoms with E-state index in [0.29, 0.717) is 17.0 Å². The van der Waals surface area contributed by atoms with Crippen LogP contribution >= 0.6 is 0 Å². The van der Waals surface area contributed by atoms with Crippen LogP contribution in [-0.2, 0) is 6.18 Å². The summed E-state index contributed by atoms with van der Waals surface area (Å²) in [6.07, 6.45) is -1.70. The maximum Gasteiger partial charge on any atom is 0.471 e. The first-order valence-corrected chi connectivity index (χ1v) is 6.52. The van der Waals surface area contributed by atoms with Gasteiger partial charge >= 0.3 is 12.1 Å². The normalized spacial score (nSPS) is 11.7. The summed E-state index contributed by atoms with van der Waals surface area (Å²) in [6, 6.07) is 3.02. The molecule has 3 rings (SSSR count). The van der Waals surface area contributed by atoms with Crippen LogP contribution in [0.2, 0.25) is 0 Å².